The fourth-order valence-electron chi connectivity index (χ4n) is 1.80. The Morgan fingerprint density at radius 3 is 2.65 bits per heavy atom. The second-order valence-corrected chi connectivity index (χ2v) is 6.70. The van der Waals surface area contributed by atoms with Gasteiger partial charge in [-0.05, 0) is 31.0 Å². The molecule has 0 spiro atoms. The molecule has 0 aromatic heterocycles. The summed E-state index contributed by atoms with van der Waals surface area (Å²) in [4.78, 5) is 10.6. The minimum atomic E-state index is -4.03. The van der Waals surface area contributed by atoms with Crippen LogP contribution in [-0.4, -0.2) is 36.4 Å². The first-order chi connectivity index (χ1) is 9.36. The molecule has 0 saturated heterocycles. The Labute approximate surface area is 121 Å². The molecule has 0 heterocycles. The highest BCUT2D eigenvalue weighted by atomic mass is 35.5. The standard InChI is InChI=1S/C12H11ClN2O4S/c13-10-4-1-8(6-14)5-11(10)20(18,19)15(7-12(16)17)9-2-3-9/h1,4-5,9H,2-3,7H2,(H,16,17). The number of carbonyl (C=O) groups is 1. The number of nitriles is 1. The van der Waals surface area contributed by atoms with Crippen molar-refractivity contribution >= 4 is 27.6 Å². The van der Waals surface area contributed by atoms with Crippen molar-refractivity contribution in [2.24, 2.45) is 0 Å². The predicted octanol–water partition coefficient (Wildman–Crippen LogP) is 1.45. The second kappa shape index (κ2) is 5.40. The molecule has 1 N–H and O–H groups in total. The first-order valence-corrected chi connectivity index (χ1v) is 7.61. The Morgan fingerprint density at radius 1 is 1.50 bits per heavy atom. The van der Waals surface area contributed by atoms with Gasteiger partial charge in [0.2, 0.25) is 10.0 Å². The molecule has 0 radical (unpaired) electrons. The van der Waals surface area contributed by atoms with Gasteiger partial charge in [-0.15, -0.1) is 0 Å². The molecule has 0 bridgehead atoms. The summed E-state index contributed by atoms with van der Waals surface area (Å²) >= 11 is 5.88. The summed E-state index contributed by atoms with van der Waals surface area (Å²) in [6, 6.07) is 5.41. The summed E-state index contributed by atoms with van der Waals surface area (Å²) in [6.45, 7) is -0.611. The molecule has 1 aromatic rings. The van der Waals surface area contributed by atoms with Crippen LogP contribution in [0.4, 0.5) is 0 Å². The third-order valence-electron chi connectivity index (χ3n) is 2.89. The maximum Gasteiger partial charge on any atom is 0.318 e. The molecular formula is C12H11ClN2O4S. The van der Waals surface area contributed by atoms with Crippen molar-refractivity contribution in [1.29, 1.82) is 5.26 Å². The average Bonchev–Trinajstić information content (AvgIpc) is 3.20. The number of aliphatic carboxylic acids is 1. The molecule has 0 unspecified atom stereocenters. The predicted molar refractivity (Wildman–Crippen MR) is 70.7 cm³/mol. The van der Waals surface area contributed by atoms with Gasteiger partial charge in [0.05, 0.1) is 16.7 Å². The van der Waals surface area contributed by atoms with Crippen molar-refractivity contribution in [3.63, 3.8) is 0 Å². The molecule has 6 nitrogen and oxygen atoms in total. The smallest absolute Gasteiger partial charge is 0.318 e. The van der Waals surface area contributed by atoms with Crippen LogP contribution < -0.4 is 0 Å². The quantitative estimate of drug-likeness (QED) is 0.887. The third-order valence-corrected chi connectivity index (χ3v) is 5.27. The highest BCUT2D eigenvalue weighted by Crippen LogP contribution is 2.34. The lowest BCUT2D eigenvalue weighted by Gasteiger charge is -2.20. The van der Waals surface area contributed by atoms with E-state index in [1.807, 2.05) is 6.07 Å². The van der Waals surface area contributed by atoms with Crippen molar-refractivity contribution < 1.29 is 18.3 Å². The monoisotopic (exact) mass is 314 g/mol. The second-order valence-electron chi connectivity index (χ2n) is 4.43. The summed E-state index contributed by atoms with van der Waals surface area (Å²) in [7, 11) is -4.03. The number of halogens is 1. The Morgan fingerprint density at radius 2 is 2.15 bits per heavy atom. The lowest BCUT2D eigenvalue weighted by molar-refractivity contribution is -0.137. The molecule has 8 heteroatoms. The van der Waals surface area contributed by atoms with E-state index in [0.29, 0.717) is 12.8 Å². The van der Waals surface area contributed by atoms with Crippen molar-refractivity contribution in [3.05, 3.63) is 28.8 Å². The van der Waals surface area contributed by atoms with E-state index in [4.69, 9.17) is 22.0 Å². The van der Waals surface area contributed by atoms with E-state index in [2.05, 4.69) is 0 Å². The van der Waals surface area contributed by atoms with Crippen LogP contribution in [0.15, 0.2) is 23.1 Å². The van der Waals surface area contributed by atoms with Crippen LogP contribution in [0.1, 0.15) is 18.4 Å². The summed E-state index contributed by atoms with van der Waals surface area (Å²) in [5.74, 6) is -1.23. The molecule has 1 aromatic carbocycles. The molecule has 2 rings (SSSR count). The topological polar surface area (TPSA) is 98.5 Å². The van der Waals surface area contributed by atoms with E-state index in [1.54, 1.807) is 0 Å². The van der Waals surface area contributed by atoms with Gasteiger partial charge >= 0.3 is 5.97 Å². The van der Waals surface area contributed by atoms with E-state index in [9.17, 15) is 13.2 Å². The minimum Gasteiger partial charge on any atom is -0.480 e. The van der Waals surface area contributed by atoms with Crippen LogP contribution in [0, 0.1) is 11.3 Å². The zero-order valence-corrected chi connectivity index (χ0v) is 11.9. The van der Waals surface area contributed by atoms with E-state index < -0.39 is 22.5 Å². The number of carboxylic acids is 1. The normalized spacial score (nSPS) is 15.1. The first-order valence-electron chi connectivity index (χ1n) is 5.79. The van der Waals surface area contributed by atoms with Gasteiger partial charge in [0.1, 0.15) is 11.4 Å². The Bertz CT molecular complexity index is 692. The number of hydrogen-bond acceptors (Lipinski definition) is 4. The largest absolute Gasteiger partial charge is 0.480 e. The lowest BCUT2D eigenvalue weighted by Crippen LogP contribution is -2.37. The summed E-state index contributed by atoms with van der Waals surface area (Å²) in [5, 5.41) is 17.7. The van der Waals surface area contributed by atoms with Crippen molar-refractivity contribution in [1.82, 2.24) is 4.31 Å². The van der Waals surface area contributed by atoms with Crippen LogP contribution in [0.2, 0.25) is 5.02 Å². The number of benzene rings is 1. The van der Waals surface area contributed by atoms with Crippen LogP contribution in [-0.2, 0) is 14.8 Å². The molecule has 0 atom stereocenters. The van der Waals surface area contributed by atoms with E-state index in [0.717, 1.165) is 10.4 Å². The molecule has 106 valence electrons. The van der Waals surface area contributed by atoms with Crippen LogP contribution >= 0.6 is 11.6 Å². The maximum absolute atomic E-state index is 12.5. The maximum atomic E-state index is 12.5. The Hall–Kier alpha value is -1.62. The number of rotatable bonds is 5. The molecule has 1 saturated carbocycles. The van der Waals surface area contributed by atoms with Crippen molar-refractivity contribution in [2.75, 3.05) is 6.54 Å². The zero-order chi connectivity index (χ0) is 14.9. The molecule has 1 fully saturated rings. The lowest BCUT2D eigenvalue weighted by atomic mass is 10.2. The number of nitrogens with zero attached hydrogens (tertiary/aromatic N) is 2. The number of carboxylic acid groups (broad SMARTS) is 1. The first kappa shape index (κ1) is 14.8. The van der Waals surface area contributed by atoms with Crippen LogP contribution in [0.3, 0.4) is 0 Å². The van der Waals surface area contributed by atoms with Crippen LogP contribution in [0.25, 0.3) is 0 Å². The number of sulfonamides is 1. The summed E-state index contributed by atoms with van der Waals surface area (Å²) < 4.78 is 25.9. The Balaban J connectivity index is 2.47. The van der Waals surface area contributed by atoms with Gasteiger partial charge in [-0.1, -0.05) is 11.6 Å². The number of hydrogen-bond donors (Lipinski definition) is 1. The summed E-state index contributed by atoms with van der Waals surface area (Å²) in [6.07, 6.45) is 1.25. The zero-order valence-electron chi connectivity index (χ0n) is 10.3. The Kier molecular flexibility index (Phi) is 3.99. The third kappa shape index (κ3) is 2.93. The van der Waals surface area contributed by atoms with Gasteiger partial charge in [0, 0.05) is 6.04 Å². The van der Waals surface area contributed by atoms with Crippen molar-refractivity contribution in [3.8, 4) is 6.07 Å². The van der Waals surface area contributed by atoms with E-state index >= 15 is 0 Å². The molecule has 0 aliphatic heterocycles. The molecule has 1 aliphatic carbocycles. The fraction of sp³-hybridized carbons (Fsp3) is 0.333. The van der Waals surface area contributed by atoms with Gasteiger partial charge in [0.25, 0.3) is 0 Å². The molecule has 0 amide bonds. The van der Waals surface area contributed by atoms with E-state index in [-0.39, 0.29) is 21.5 Å². The molecular weight excluding hydrogens is 304 g/mol. The van der Waals surface area contributed by atoms with Gasteiger partial charge in [-0.2, -0.15) is 9.57 Å². The van der Waals surface area contributed by atoms with Gasteiger partial charge in [-0.3, -0.25) is 4.79 Å². The van der Waals surface area contributed by atoms with Gasteiger partial charge in [0.15, 0.2) is 0 Å². The molecule has 1 aliphatic rings. The van der Waals surface area contributed by atoms with Gasteiger partial charge < -0.3 is 5.11 Å². The highest BCUT2D eigenvalue weighted by Gasteiger charge is 2.40. The van der Waals surface area contributed by atoms with Gasteiger partial charge in [-0.25, -0.2) is 8.42 Å². The molecule has 20 heavy (non-hydrogen) atoms. The fourth-order valence-corrected chi connectivity index (χ4v) is 3.94. The van der Waals surface area contributed by atoms with E-state index in [1.165, 1.54) is 12.1 Å². The summed E-state index contributed by atoms with van der Waals surface area (Å²) in [5.41, 5.74) is 0.152. The highest BCUT2D eigenvalue weighted by molar-refractivity contribution is 7.89. The average molecular weight is 315 g/mol. The minimum absolute atomic E-state index is 0.0277. The van der Waals surface area contributed by atoms with Crippen LogP contribution in [0.5, 0.6) is 0 Å². The SMILES string of the molecule is N#Cc1ccc(Cl)c(S(=O)(=O)N(CC(=O)O)C2CC2)c1. The van der Waals surface area contributed by atoms with Crippen molar-refractivity contribution in [2.45, 2.75) is 23.8 Å².